The normalized spacial score (nSPS) is 11.2. The van der Waals surface area contributed by atoms with Gasteiger partial charge in [0.1, 0.15) is 0 Å². The molecule has 0 aliphatic rings. The van der Waals surface area contributed by atoms with E-state index in [1.165, 1.54) is 12.1 Å². The molecule has 0 spiro atoms. The molecule has 1 amide bonds. The Hall–Kier alpha value is -2.58. The summed E-state index contributed by atoms with van der Waals surface area (Å²) in [7, 11) is -3.88. The summed E-state index contributed by atoms with van der Waals surface area (Å²) in [6.07, 6.45) is 1.94. The SMILES string of the molecule is CCCCOc1ccc(C(=O)Nc2cc(S(N)(=O)=O)cc(C)c2C)cc1OCC. The molecule has 0 aliphatic carbocycles. The van der Waals surface area contributed by atoms with E-state index in [1.807, 2.05) is 6.92 Å². The number of nitrogens with one attached hydrogen (secondary N) is 1. The first-order valence-corrected chi connectivity index (χ1v) is 11.1. The zero-order chi connectivity index (χ0) is 21.6. The van der Waals surface area contributed by atoms with Crippen molar-refractivity contribution in [2.24, 2.45) is 5.14 Å². The first-order chi connectivity index (χ1) is 13.7. The summed E-state index contributed by atoms with van der Waals surface area (Å²) in [5.74, 6) is 0.683. The summed E-state index contributed by atoms with van der Waals surface area (Å²) in [6, 6.07) is 7.81. The van der Waals surface area contributed by atoms with Gasteiger partial charge in [0.15, 0.2) is 11.5 Å². The highest BCUT2D eigenvalue weighted by Gasteiger charge is 2.16. The third-order valence-electron chi connectivity index (χ3n) is 4.48. The number of hydrogen-bond acceptors (Lipinski definition) is 5. The van der Waals surface area contributed by atoms with Gasteiger partial charge >= 0.3 is 0 Å². The molecule has 0 fully saturated rings. The van der Waals surface area contributed by atoms with E-state index in [9.17, 15) is 13.2 Å². The first-order valence-electron chi connectivity index (χ1n) is 9.52. The monoisotopic (exact) mass is 420 g/mol. The van der Waals surface area contributed by atoms with Crippen molar-refractivity contribution < 1.29 is 22.7 Å². The predicted octanol–water partition coefficient (Wildman–Crippen LogP) is 3.78. The molecule has 2 aromatic rings. The van der Waals surface area contributed by atoms with Gasteiger partial charge in [-0.3, -0.25) is 4.79 Å². The van der Waals surface area contributed by atoms with Gasteiger partial charge in [-0.25, -0.2) is 13.6 Å². The van der Waals surface area contributed by atoms with Crippen LogP contribution in [0, 0.1) is 13.8 Å². The molecule has 0 heterocycles. The van der Waals surface area contributed by atoms with E-state index in [1.54, 1.807) is 32.0 Å². The minimum atomic E-state index is -3.88. The molecule has 2 rings (SSSR count). The van der Waals surface area contributed by atoms with Crippen LogP contribution in [0.2, 0.25) is 0 Å². The molecule has 0 saturated heterocycles. The van der Waals surface area contributed by atoms with Crippen molar-refractivity contribution in [2.45, 2.75) is 45.4 Å². The highest BCUT2D eigenvalue weighted by molar-refractivity contribution is 7.89. The van der Waals surface area contributed by atoms with Crippen molar-refractivity contribution in [2.75, 3.05) is 18.5 Å². The highest BCUT2D eigenvalue weighted by Crippen LogP contribution is 2.30. The molecule has 158 valence electrons. The van der Waals surface area contributed by atoms with Crippen molar-refractivity contribution >= 4 is 21.6 Å². The minimum Gasteiger partial charge on any atom is -0.490 e. The molecule has 0 aliphatic heterocycles. The number of aryl methyl sites for hydroxylation is 1. The van der Waals surface area contributed by atoms with Crippen LogP contribution in [0.15, 0.2) is 35.2 Å². The molecule has 0 bridgehead atoms. The maximum atomic E-state index is 12.8. The van der Waals surface area contributed by atoms with Crippen LogP contribution < -0.4 is 19.9 Å². The first kappa shape index (κ1) is 22.7. The third-order valence-corrected chi connectivity index (χ3v) is 5.37. The Kier molecular flexibility index (Phi) is 7.64. The summed E-state index contributed by atoms with van der Waals surface area (Å²) >= 11 is 0. The van der Waals surface area contributed by atoms with Crippen LogP contribution in [0.4, 0.5) is 5.69 Å². The number of sulfonamides is 1. The Bertz CT molecular complexity index is 987. The molecule has 0 radical (unpaired) electrons. The van der Waals surface area contributed by atoms with Gasteiger partial charge in [-0.15, -0.1) is 0 Å². The van der Waals surface area contributed by atoms with Crippen molar-refractivity contribution in [3.05, 3.63) is 47.0 Å². The lowest BCUT2D eigenvalue weighted by molar-refractivity contribution is 0.102. The van der Waals surface area contributed by atoms with Crippen LogP contribution in [-0.4, -0.2) is 27.5 Å². The largest absolute Gasteiger partial charge is 0.490 e. The number of rotatable bonds is 9. The minimum absolute atomic E-state index is 0.0504. The van der Waals surface area contributed by atoms with Gasteiger partial charge < -0.3 is 14.8 Å². The van der Waals surface area contributed by atoms with Gasteiger partial charge in [0.2, 0.25) is 10.0 Å². The van der Waals surface area contributed by atoms with E-state index in [-0.39, 0.29) is 10.8 Å². The average molecular weight is 421 g/mol. The Balaban J connectivity index is 2.31. The average Bonchev–Trinajstić information content (AvgIpc) is 2.65. The number of anilines is 1. The molecule has 0 aromatic heterocycles. The van der Waals surface area contributed by atoms with Crippen molar-refractivity contribution in [3.8, 4) is 11.5 Å². The van der Waals surface area contributed by atoms with Crippen LogP contribution >= 0.6 is 0 Å². The van der Waals surface area contributed by atoms with E-state index in [0.717, 1.165) is 18.4 Å². The van der Waals surface area contributed by atoms with Crippen molar-refractivity contribution in [1.29, 1.82) is 0 Å². The Morgan fingerprint density at radius 2 is 1.79 bits per heavy atom. The second-order valence-electron chi connectivity index (χ2n) is 6.71. The quantitative estimate of drug-likeness (QED) is 0.600. The number of nitrogens with two attached hydrogens (primary N) is 1. The number of unbranched alkanes of at least 4 members (excludes halogenated alkanes) is 1. The van der Waals surface area contributed by atoms with Gasteiger partial charge in [0.05, 0.1) is 18.1 Å². The Morgan fingerprint density at radius 3 is 2.41 bits per heavy atom. The van der Waals surface area contributed by atoms with Crippen LogP contribution in [0.5, 0.6) is 11.5 Å². The van der Waals surface area contributed by atoms with Gasteiger partial charge in [-0.05, 0) is 68.7 Å². The maximum Gasteiger partial charge on any atom is 0.255 e. The second-order valence-corrected chi connectivity index (χ2v) is 8.27. The molecular weight excluding hydrogens is 392 g/mol. The Morgan fingerprint density at radius 1 is 1.07 bits per heavy atom. The molecule has 0 unspecified atom stereocenters. The number of benzene rings is 2. The third kappa shape index (κ3) is 5.95. The lowest BCUT2D eigenvalue weighted by atomic mass is 10.1. The van der Waals surface area contributed by atoms with Gasteiger partial charge in [0.25, 0.3) is 5.91 Å². The Labute approximate surface area is 172 Å². The van der Waals surface area contributed by atoms with Crippen molar-refractivity contribution in [1.82, 2.24) is 0 Å². The molecule has 0 saturated carbocycles. The highest BCUT2D eigenvalue weighted by atomic mass is 32.2. The fraction of sp³-hybridized carbons (Fsp3) is 0.381. The van der Waals surface area contributed by atoms with E-state index in [0.29, 0.717) is 41.5 Å². The number of ether oxygens (including phenoxy) is 2. The number of carbonyl (C=O) groups is 1. The fourth-order valence-electron chi connectivity index (χ4n) is 2.68. The summed E-state index contributed by atoms with van der Waals surface area (Å²) in [6.45, 7) is 8.50. The lowest BCUT2D eigenvalue weighted by Crippen LogP contribution is -2.16. The van der Waals surface area contributed by atoms with Crippen LogP contribution in [0.3, 0.4) is 0 Å². The number of amides is 1. The molecule has 0 atom stereocenters. The molecule has 8 heteroatoms. The lowest BCUT2D eigenvalue weighted by Gasteiger charge is -2.15. The van der Waals surface area contributed by atoms with Crippen LogP contribution in [0.1, 0.15) is 48.2 Å². The van der Waals surface area contributed by atoms with Gasteiger partial charge in [-0.2, -0.15) is 0 Å². The predicted molar refractivity (Wildman–Crippen MR) is 113 cm³/mol. The maximum absolute atomic E-state index is 12.8. The smallest absolute Gasteiger partial charge is 0.255 e. The summed E-state index contributed by atoms with van der Waals surface area (Å²) in [5.41, 5.74) is 2.23. The summed E-state index contributed by atoms with van der Waals surface area (Å²) in [5, 5.41) is 8.00. The molecule has 7 nitrogen and oxygen atoms in total. The second kappa shape index (κ2) is 9.76. The van der Waals surface area contributed by atoms with E-state index in [2.05, 4.69) is 12.2 Å². The van der Waals surface area contributed by atoms with E-state index < -0.39 is 10.0 Å². The zero-order valence-corrected chi connectivity index (χ0v) is 18.1. The van der Waals surface area contributed by atoms with Crippen LogP contribution in [0.25, 0.3) is 0 Å². The molecule has 3 N–H and O–H groups in total. The number of hydrogen-bond donors (Lipinski definition) is 2. The topological polar surface area (TPSA) is 108 Å². The van der Waals surface area contributed by atoms with Crippen LogP contribution in [-0.2, 0) is 10.0 Å². The van der Waals surface area contributed by atoms with Gasteiger partial charge in [0, 0.05) is 11.3 Å². The number of primary sulfonamides is 1. The summed E-state index contributed by atoms with van der Waals surface area (Å²) < 4.78 is 34.8. The molecular formula is C21H28N2O5S. The standard InChI is InChI=1S/C21H28N2O5S/c1-5-7-10-28-19-9-8-16(12-20(19)27-6-2)21(24)23-18-13-17(29(22,25)26)11-14(3)15(18)4/h8-9,11-13H,5-7,10H2,1-4H3,(H,23,24)(H2,22,25,26). The van der Waals surface area contributed by atoms with Crippen molar-refractivity contribution in [3.63, 3.8) is 0 Å². The van der Waals surface area contributed by atoms with Gasteiger partial charge in [-0.1, -0.05) is 13.3 Å². The van der Waals surface area contributed by atoms with E-state index in [4.69, 9.17) is 14.6 Å². The fourth-order valence-corrected chi connectivity index (χ4v) is 3.30. The number of carbonyl (C=O) groups excluding carboxylic acids is 1. The van der Waals surface area contributed by atoms with E-state index >= 15 is 0 Å². The molecule has 29 heavy (non-hydrogen) atoms. The zero-order valence-electron chi connectivity index (χ0n) is 17.2. The molecule has 2 aromatic carbocycles. The summed E-state index contributed by atoms with van der Waals surface area (Å²) in [4.78, 5) is 12.7.